The van der Waals surface area contributed by atoms with Gasteiger partial charge in [-0.25, -0.2) is 4.39 Å². The highest BCUT2D eigenvalue weighted by molar-refractivity contribution is 6.20. The van der Waals surface area contributed by atoms with Crippen LogP contribution < -0.4 is 4.90 Å². The van der Waals surface area contributed by atoms with E-state index in [0.717, 1.165) is 0 Å². The van der Waals surface area contributed by atoms with Gasteiger partial charge in [0.05, 0.1) is 5.41 Å². The SMILES string of the molecule is CCN(C(=O)C(C)(C)CCl)c1cccc(F)c1. The van der Waals surface area contributed by atoms with Gasteiger partial charge in [0.25, 0.3) is 0 Å². The molecule has 2 nitrogen and oxygen atoms in total. The van der Waals surface area contributed by atoms with Crippen LogP contribution in [0.2, 0.25) is 0 Å². The number of carbonyl (C=O) groups is 1. The lowest BCUT2D eigenvalue weighted by Gasteiger charge is -2.29. The van der Waals surface area contributed by atoms with Gasteiger partial charge in [-0.05, 0) is 39.0 Å². The molecular weight excluding hydrogens is 241 g/mol. The number of halogens is 2. The van der Waals surface area contributed by atoms with Crippen molar-refractivity contribution in [2.45, 2.75) is 20.8 Å². The van der Waals surface area contributed by atoms with Crippen LogP contribution in [0.5, 0.6) is 0 Å². The van der Waals surface area contributed by atoms with Gasteiger partial charge in [0.2, 0.25) is 5.91 Å². The summed E-state index contributed by atoms with van der Waals surface area (Å²) in [5.41, 5.74) is -0.0835. The molecule has 0 unspecified atom stereocenters. The molecule has 0 N–H and O–H groups in total. The van der Waals surface area contributed by atoms with Gasteiger partial charge < -0.3 is 4.90 Å². The lowest BCUT2D eigenvalue weighted by Crippen LogP contribution is -2.42. The molecule has 4 heteroatoms. The molecule has 1 aromatic rings. The molecule has 94 valence electrons. The minimum atomic E-state index is -0.649. The maximum atomic E-state index is 13.1. The number of amides is 1. The van der Waals surface area contributed by atoms with Crippen LogP contribution in [0.3, 0.4) is 0 Å². The quantitative estimate of drug-likeness (QED) is 0.757. The summed E-state index contributed by atoms with van der Waals surface area (Å²) in [6.45, 7) is 5.91. The Hall–Kier alpha value is -1.09. The number of benzene rings is 1. The molecule has 1 rings (SSSR count). The third-order valence-corrected chi connectivity index (χ3v) is 3.26. The van der Waals surface area contributed by atoms with E-state index in [-0.39, 0.29) is 17.6 Å². The number of hydrogen-bond donors (Lipinski definition) is 0. The molecule has 0 aliphatic rings. The fraction of sp³-hybridized carbons (Fsp3) is 0.462. The van der Waals surface area contributed by atoms with Crippen LogP contribution >= 0.6 is 11.6 Å². The van der Waals surface area contributed by atoms with Crippen LogP contribution in [-0.2, 0) is 4.79 Å². The Morgan fingerprint density at radius 2 is 2.12 bits per heavy atom. The van der Waals surface area contributed by atoms with Gasteiger partial charge in [-0.3, -0.25) is 4.79 Å². The largest absolute Gasteiger partial charge is 0.312 e. The summed E-state index contributed by atoms with van der Waals surface area (Å²) in [6, 6.07) is 6.02. The van der Waals surface area contributed by atoms with Crippen molar-refractivity contribution in [2.75, 3.05) is 17.3 Å². The van der Waals surface area contributed by atoms with E-state index in [0.29, 0.717) is 12.2 Å². The molecular formula is C13H17ClFNO. The van der Waals surface area contributed by atoms with Crippen LogP contribution in [0.15, 0.2) is 24.3 Å². The summed E-state index contributed by atoms with van der Waals surface area (Å²) in [4.78, 5) is 13.8. The van der Waals surface area contributed by atoms with Crippen LogP contribution in [0.1, 0.15) is 20.8 Å². The molecule has 0 heterocycles. The van der Waals surface area contributed by atoms with Crippen molar-refractivity contribution in [3.8, 4) is 0 Å². The molecule has 0 saturated heterocycles. The Kier molecular flexibility index (Phi) is 4.52. The summed E-state index contributed by atoms with van der Waals surface area (Å²) >= 11 is 5.79. The molecule has 1 aromatic carbocycles. The molecule has 0 saturated carbocycles. The van der Waals surface area contributed by atoms with E-state index < -0.39 is 5.41 Å². The average Bonchev–Trinajstić information content (AvgIpc) is 2.30. The summed E-state index contributed by atoms with van der Waals surface area (Å²) in [6.07, 6.45) is 0. The Bertz CT molecular complexity index is 406. The first-order valence-corrected chi connectivity index (χ1v) is 6.09. The fourth-order valence-electron chi connectivity index (χ4n) is 1.51. The number of anilines is 1. The van der Waals surface area contributed by atoms with Crippen LogP contribution in [0.4, 0.5) is 10.1 Å². The predicted molar refractivity (Wildman–Crippen MR) is 68.9 cm³/mol. The van der Waals surface area contributed by atoms with Gasteiger partial charge in [-0.1, -0.05) is 6.07 Å². The van der Waals surface area contributed by atoms with Crippen molar-refractivity contribution in [3.05, 3.63) is 30.1 Å². The summed E-state index contributed by atoms with van der Waals surface area (Å²) in [5.74, 6) is -0.212. The highest BCUT2D eigenvalue weighted by Gasteiger charge is 2.31. The van der Waals surface area contributed by atoms with E-state index in [2.05, 4.69) is 0 Å². The zero-order chi connectivity index (χ0) is 13.1. The zero-order valence-electron chi connectivity index (χ0n) is 10.3. The third kappa shape index (κ3) is 3.19. The van der Waals surface area contributed by atoms with E-state index in [4.69, 9.17) is 11.6 Å². The number of carbonyl (C=O) groups excluding carboxylic acids is 1. The maximum absolute atomic E-state index is 13.1. The lowest BCUT2D eigenvalue weighted by molar-refractivity contribution is -0.125. The second-order valence-corrected chi connectivity index (χ2v) is 4.81. The maximum Gasteiger partial charge on any atom is 0.233 e. The van der Waals surface area contributed by atoms with E-state index in [1.165, 1.54) is 12.1 Å². The average molecular weight is 258 g/mol. The van der Waals surface area contributed by atoms with Crippen molar-refractivity contribution < 1.29 is 9.18 Å². The Morgan fingerprint density at radius 1 is 1.47 bits per heavy atom. The number of hydrogen-bond acceptors (Lipinski definition) is 1. The predicted octanol–water partition coefficient (Wildman–Crippen LogP) is 3.44. The Balaban J connectivity index is 3.04. The number of alkyl halides is 1. The molecule has 0 fully saturated rings. The van der Waals surface area contributed by atoms with Gasteiger partial charge in [0, 0.05) is 18.1 Å². The van der Waals surface area contributed by atoms with E-state index in [9.17, 15) is 9.18 Å². The summed E-state index contributed by atoms with van der Waals surface area (Å²) in [5, 5.41) is 0. The molecule has 0 aromatic heterocycles. The minimum absolute atomic E-state index is 0.0967. The zero-order valence-corrected chi connectivity index (χ0v) is 11.1. The van der Waals surface area contributed by atoms with Crippen molar-refractivity contribution in [2.24, 2.45) is 5.41 Å². The molecule has 0 aliphatic heterocycles. The lowest BCUT2D eigenvalue weighted by atomic mass is 9.94. The Labute approximate surface area is 106 Å². The van der Waals surface area contributed by atoms with E-state index in [1.54, 1.807) is 30.9 Å². The highest BCUT2D eigenvalue weighted by Crippen LogP contribution is 2.25. The van der Waals surface area contributed by atoms with Crippen LogP contribution in [0.25, 0.3) is 0 Å². The van der Waals surface area contributed by atoms with Crippen molar-refractivity contribution in [1.82, 2.24) is 0 Å². The highest BCUT2D eigenvalue weighted by atomic mass is 35.5. The van der Waals surface area contributed by atoms with Gasteiger partial charge >= 0.3 is 0 Å². The standard InChI is InChI=1S/C13H17ClFNO/c1-4-16(12(17)13(2,3)9-14)11-7-5-6-10(15)8-11/h5-8H,4,9H2,1-3H3. The van der Waals surface area contributed by atoms with Gasteiger partial charge in [0.15, 0.2) is 0 Å². The number of rotatable bonds is 4. The molecule has 1 amide bonds. The van der Waals surface area contributed by atoms with Crippen molar-refractivity contribution in [3.63, 3.8) is 0 Å². The smallest absolute Gasteiger partial charge is 0.233 e. The van der Waals surface area contributed by atoms with Crippen molar-refractivity contribution in [1.29, 1.82) is 0 Å². The third-order valence-electron chi connectivity index (χ3n) is 2.59. The summed E-state index contributed by atoms with van der Waals surface area (Å²) < 4.78 is 13.1. The van der Waals surface area contributed by atoms with Crippen LogP contribution in [-0.4, -0.2) is 18.3 Å². The van der Waals surface area contributed by atoms with Gasteiger partial charge in [-0.2, -0.15) is 0 Å². The van der Waals surface area contributed by atoms with Gasteiger partial charge in [0.1, 0.15) is 5.82 Å². The number of nitrogens with zero attached hydrogens (tertiary/aromatic N) is 1. The van der Waals surface area contributed by atoms with Gasteiger partial charge in [-0.15, -0.1) is 11.6 Å². The fourth-order valence-corrected chi connectivity index (χ4v) is 1.62. The summed E-state index contributed by atoms with van der Waals surface area (Å²) in [7, 11) is 0. The van der Waals surface area contributed by atoms with Crippen LogP contribution in [0, 0.1) is 11.2 Å². The minimum Gasteiger partial charge on any atom is -0.312 e. The van der Waals surface area contributed by atoms with E-state index >= 15 is 0 Å². The normalized spacial score (nSPS) is 11.4. The second-order valence-electron chi connectivity index (χ2n) is 4.55. The molecule has 0 radical (unpaired) electrons. The second kappa shape index (κ2) is 5.50. The molecule has 0 spiro atoms. The first-order chi connectivity index (χ1) is 7.92. The molecule has 0 aliphatic carbocycles. The topological polar surface area (TPSA) is 20.3 Å². The first kappa shape index (κ1) is 14.0. The van der Waals surface area contributed by atoms with Crippen molar-refractivity contribution >= 4 is 23.2 Å². The van der Waals surface area contributed by atoms with E-state index in [1.807, 2.05) is 6.92 Å². The molecule has 0 atom stereocenters. The monoisotopic (exact) mass is 257 g/mol. The first-order valence-electron chi connectivity index (χ1n) is 5.56. The Morgan fingerprint density at radius 3 is 2.59 bits per heavy atom. The molecule has 0 bridgehead atoms. The molecule has 17 heavy (non-hydrogen) atoms.